The Hall–Kier alpha value is -4.58. The van der Waals surface area contributed by atoms with Crippen molar-refractivity contribution in [1.82, 2.24) is 4.98 Å². The molecular weight excluding hydrogens is 489 g/mol. The Balaban J connectivity index is 1.65. The van der Waals surface area contributed by atoms with E-state index in [-0.39, 0.29) is 0 Å². The zero-order valence-electron chi connectivity index (χ0n) is 21.4. The second kappa shape index (κ2) is 10.3. The van der Waals surface area contributed by atoms with Crippen LogP contribution in [-0.4, -0.2) is 4.98 Å². The van der Waals surface area contributed by atoms with Gasteiger partial charge in [-0.2, -0.15) is 0 Å². The van der Waals surface area contributed by atoms with E-state index in [1.54, 1.807) is 0 Å². The Kier molecular flexibility index (Phi) is 6.21. The summed E-state index contributed by atoms with van der Waals surface area (Å²) in [5.74, 6) is 0. The van der Waals surface area contributed by atoms with Gasteiger partial charge in [0, 0.05) is 17.3 Å². The molecule has 39 heavy (non-hydrogen) atoms. The molecule has 1 heterocycles. The van der Waals surface area contributed by atoms with Crippen LogP contribution in [-0.2, 0) is 0 Å². The van der Waals surface area contributed by atoms with Gasteiger partial charge in [0.15, 0.2) is 0 Å². The maximum absolute atomic E-state index is 4.82. The molecule has 0 aliphatic heterocycles. The monoisotopic (exact) mass is 515 g/mol. The van der Waals surface area contributed by atoms with E-state index in [0.29, 0.717) is 0 Å². The van der Waals surface area contributed by atoms with Gasteiger partial charge in [-0.25, -0.2) is 0 Å². The largest absolute Gasteiger partial charge is 0.256 e. The number of rotatable bonds is 5. The van der Waals surface area contributed by atoms with Crippen LogP contribution in [0.15, 0.2) is 158 Å². The molecule has 0 fully saturated rings. The van der Waals surface area contributed by atoms with Crippen LogP contribution in [0.25, 0.3) is 43.9 Å². The summed E-state index contributed by atoms with van der Waals surface area (Å²) in [6, 6.07) is 54.8. The first-order chi connectivity index (χ1) is 19.4. The molecule has 0 radical (unpaired) electrons. The van der Waals surface area contributed by atoms with E-state index in [1.807, 2.05) is 12.3 Å². The minimum Gasteiger partial charge on any atom is -0.256 e. The molecule has 1 aromatic heterocycles. The van der Waals surface area contributed by atoms with E-state index >= 15 is 0 Å². The maximum Gasteiger partial charge on any atom is 0.0708 e. The molecule has 0 aliphatic rings. The second-order valence-electron chi connectivity index (χ2n) is 9.61. The Morgan fingerprint density at radius 3 is 1.56 bits per heavy atom. The molecular formula is C37H26NP. The minimum atomic E-state index is -0.821. The molecule has 6 aromatic carbocycles. The van der Waals surface area contributed by atoms with Crippen LogP contribution in [0.5, 0.6) is 0 Å². The van der Waals surface area contributed by atoms with Crippen molar-refractivity contribution in [3.63, 3.8) is 0 Å². The number of aromatic nitrogens is 1. The fourth-order valence-corrected chi connectivity index (χ4v) is 8.04. The van der Waals surface area contributed by atoms with Crippen LogP contribution < -0.4 is 15.9 Å². The Morgan fingerprint density at radius 2 is 0.949 bits per heavy atom. The Labute approximate surface area is 230 Å². The van der Waals surface area contributed by atoms with Crippen LogP contribution in [0.2, 0.25) is 0 Å². The summed E-state index contributed by atoms with van der Waals surface area (Å²) in [5, 5.41) is 9.03. The van der Waals surface area contributed by atoms with Gasteiger partial charge < -0.3 is 0 Å². The van der Waals surface area contributed by atoms with Gasteiger partial charge in [0.05, 0.1) is 5.69 Å². The van der Waals surface area contributed by atoms with Crippen molar-refractivity contribution >= 4 is 45.4 Å². The first kappa shape index (κ1) is 23.5. The molecule has 2 heteroatoms. The van der Waals surface area contributed by atoms with Gasteiger partial charge >= 0.3 is 0 Å². The van der Waals surface area contributed by atoms with Crippen molar-refractivity contribution in [2.45, 2.75) is 0 Å². The maximum atomic E-state index is 4.82. The molecule has 184 valence electrons. The van der Waals surface area contributed by atoms with Crippen molar-refractivity contribution in [3.8, 4) is 22.4 Å². The van der Waals surface area contributed by atoms with E-state index in [1.165, 1.54) is 48.6 Å². The van der Waals surface area contributed by atoms with E-state index in [2.05, 4.69) is 146 Å². The van der Waals surface area contributed by atoms with Crippen LogP contribution in [0.3, 0.4) is 0 Å². The lowest BCUT2D eigenvalue weighted by molar-refractivity contribution is 1.33. The normalized spacial score (nSPS) is 11.3. The van der Waals surface area contributed by atoms with Crippen LogP contribution >= 0.6 is 7.92 Å². The highest BCUT2D eigenvalue weighted by Crippen LogP contribution is 2.45. The molecule has 1 nitrogen and oxygen atoms in total. The van der Waals surface area contributed by atoms with E-state index in [4.69, 9.17) is 4.98 Å². The molecule has 0 aliphatic carbocycles. The van der Waals surface area contributed by atoms with E-state index in [0.717, 1.165) is 11.3 Å². The lowest BCUT2D eigenvalue weighted by Crippen LogP contribution is -2.22. The predicted octanol–water partition coefficient (Wildman–Crippen LogP) is 8.48. The molecule has 0 saturated carbocycles. The fourth-order valence-electron chi connectivity index (χ4n) is 5.57. The van der Waals surface area contributed by atoms with Crippen molar-refractivity contribution in [1.29, 1.82) is 0 Å². The zero-order valence-corrected chi connectivity index (χ0v) is 22.3. The molecule has 0 bridgehead atoms. The highest BCUT2D eigenvalue weighted by Gasteiger charge is 2.25. The topological polar surface area (TPSA) is 12.9 Å². The van der Waals surface area contributed by atoms with Crippen molar-refractivity contribution in [3.05, 3.63) is 158 Å². The van der Waals surface area contributed by atoms with Gasteiger partial charge in [0.2, 0.25) is 0 Å². The quantitative estimate of drug-likeness (QED) is 0.210. The van der Waals surface area contributed by atoms with Gasteiger partial charge in [-0.15, -0.1) is 0 Å². The van der Waals surface area contributed by atoms with Crippen molar-refractivity contribution < 1.29 is 0 Å². The van der Waals surface area contributed by atoms with Gasteiger partial charge in [0.1, 0.15) is 0 Å². The highest BCUT2D eigenvalue weighted by atomic mass is 31.1. The number of fused-ring (bicyclic) bond motifs is 2. The molecule has 0 atom stereocenters. The predicted molar refractivity (Wildman–Crippen MR) is 169 cm³/mol. The molecule has 0 amide bonds. The lowest BCUT2D eigenvalue weighted by atomic mass is 9.89. The second-order valence-corrected chi connectivity index (χ2v) is 11.8. The summed E-state index contributed by atoms with van der Waals surface area (Å²) < 4.78 is 0. The smallest absolute Gasteiger partial charge is 0.0708 e. The van der Waals surface area contributed by atoms with E-state index in [9.17, 15) is 0 Å². The SMILES string of the molecule is c1ccc(P(c2ccccc2)c2ccc3ccccc3c2-c2c(-c3ccccn3)ccc3ccccc23)cc1. The number of pyridine rings is 1. The van der Waals surface area contributed by atoms with Crippen molar-refractivity contribution in [2.75, 3.05) is 0 Å². The number of hydrogen-bond acceptors (Lipinski definition) is 1. The summed E-state index contributed by atoms with van der Waals surface area (Å²) in [4.78, 5) is 4.82. The van der Waals surface area contributed by atoms with E-state index < -0.39 is 7.92 Å². The third-order valence-electron chi connectivity index (χ3n) is 7.30. The summed E-state index contributed by atoms with van der Waals surface area (Å²) in [6.07, 6.45) is 1.89. The Morgan fingerprint density at radius 1 is 0.410 bits per heavy atom. The third-order valence-corrected chi connectivity index (χ3v) is 9.78. The van der Waals surface area contributed by atoms with Gasteiger partial charge in [-0.3, -0.25) is 4.98 Å². The summed E-state index contributed by atoms with van der Waals surface area (Å²) >= 11 is 0. The average Bonchev–Trinajstić information content (AvgIpc) is 3.02. The van der Waals surface area contributed by atoms with Gasteiger partial charge in [-0.1, -0.05) is 140 Å². The molecule has 7 rings (SSSR count). The zero-order chi connectivity index (χ0) is 26.0. The Bertz CT molecular complexity index is 1860. The molecule has 7 aromatic rings. The van der Waals surface area contributed by atoms with Crippen LogP contribution in [0.4, 0.5) is 0 Å². The first-order valence-electron chi connectivity index (χ1n) is 13.2. The fraction of sp³-hybridized carbons (Fsp3) is 0. The van der Waals surface area contributed by atoms with Gasteiger partial charge in [0.25, 0.3) is 0 Å². The summed E-state index contributed by atoms with van der Waals surface area (Å²) in [7, 11) is -0.821. The van der Waals surface area contributed by atoms with Crippen LogP contribution in [0.1, 0.15) is 0 Å². The number of nitrogens with zero attached hydrogens (tertiary/aromatic N) is 1. The van der Waals surface area contributed by atoms with Crippen molar-refractivity contribution in [2.24, 2.45) is 0 Å². The minimum absolute atomic E-state index is 0.821. The number of hydrogen-bond donors (Lipinski definition) is 0. The number of benzene rings is 6. The third kappa shape index (κ3) is 4.32. The van der Waals surface area contributed by atoms with Crippen LogP contribution in [0, 0.1) is 0 Å². The summed E-state index contributed by atoms with van der Waals surface area (Å²) in [6.45, 7) is 0. The highest BCUT2D eigenvalue weighted by molar-refractivity contribution is 7.80. The summed E-state index contributed by atoms with van der Waals surface area (Å²) in [5.41, 5.74) is 4.69. The lowest BCUT2D eigenvalue weighted by Gasteiger charge is -2.25. The molecule has 0 spiro atoms. The standard InChI is InChI=1S/C37H26NP/c1-3-15-29(16-4-1)39(30-17-5-2-6-18-30)35-25-23-28-14-8-10-20-32(28)37(35)36-31-19-9-7-13-27(31)22-24-33(36)34-21-11-12-26-38-34/h1-26H. The average molecular weight is 516 g/mol. The molecule has 0 saturated heterocycles. The molecule has 0 N–H and O–H groups in total. The molecule has 0 unspecified atom stereocenters. The van der Waals surface area contributed by atoms with Gasteiger partial charge in [-0.05, 0) is 63.1 Å². The first-order valence-corrected chi connectivity index (χ1v) is 14.6.